The molecule has 0 aromatic rings. The summed E-state index contributed by atoms with van der Waals surface area (Å²) < 4.78 is 0. The second-order valence-corrected chi connectivity index (χ2v) is 4.88. The highest BCUT2D eigenvalue weighted by atomic mass is 35.5. The van der Waals surface area contributed by atoms with E-state index in [-0.39, 0.29) is 17.4 Å². The molecule has 1 atom stereocenters. The van der Waals surface area contributed by atoms with Gasteiger partial charge in [-0.15, -0.1) is 11.6 Å². The van der Waals surface area contributed by atoms with E-state index >= 15 is 0 Å². The fourth-order valence-corrected chi connectivity index (χ4v) is 2.68. The highest BCUT2D eigenvalue weighted by Crippen LogP contribution is 2.41. The summed E-state index contributed by atoms with van der Waals surface area (Å²) in [6.45, 7) is 4.17. The van der Waals surface area contributed by atoms with Crippen molar-refractivity contribution in [2.75, 3.05) is 5.88 Å². The van der Waals surface area contributed by atoms with Crippen molar-refractivity contribution in [2.24, 2.45) is 5.41 Å². The monoisotopic (exact) mass is 231 g/mol. The molecule has 0 heterocycles. The van der Waals surface area contributed by atoms with E-state index in [2.05, 4.69) is 19.2 Å². The van der Waals surface area contributed by atoms with E-state index in [1.54, 1.807) is 0 Å². The number of alkyl halides is 1. The number of amides is 1. The van der Waals surface area contributed by atoms with Crippen LogP contribution in [0.3, 0.4) is 0 Å². The van der Waals surface area contributed by atoms with Gasteiger partial charge in [-0.3, -0.25) is 4.79 Å². The summed E-state index contributed by atoms with van der Waals surface area (Å²) in [6.07, 6.45) is 6.35. The van der Waals surface area contributed by atoms with E-state index in [4.69, 9.17) is 11.6 Å². The van der Waals surface area contributed by atoms with Crippen LogP contribution in [0.2, 0.25) is 0 Å². The Hall–Kier alpha value is -0.240. The Morgan fingerprint density at radius 1 is 1.40 bits per heavy atom. The Kier molecular flexibility index (Phi) is 4.91. The number of carbonyl (C=O) groups excluding carboxylic acids is 1. The molecule has 1 rings (SSSR count). The van der Waals surface area contributed by atoms with Crippen LogP contribution >= 0.6 is 11.6 Å². The van der Waals surface area contributed by atoms with Crippen LogP contribution in [-0.4, -0.2) is 17.8 Å². The summed E-state index contributed by atoms with van der Waals surface area (Å²) in [5.41, 5.74) is -0.0839. The molecule has 0 spiro atoms. The third kappa shape index (κ3) is 2.87. The standard InChI is InChI=1S/C12H22ClNO/c1-3-10(9-13)14-11(15)12(4-2)7-5-6-8-12/h10H,3-9H2,1-2H3,(H,14,15). The van der Waals surface area contributed by atoms with Crippen molar-refractivity contribution in [1.29, 1.82) is 0 Å². The Bertz CT molecular complexity index is 208. The van der Waals surface area contributed by atoms with Gasteiger partial charge in [0.1, 0.15) is 0 Å². The van der Waals surface area contributed by atoms with Gasteiger partial charge in [-0.05, 0) is 25.7 Å². The molecule has 0 aliphatic heterocycles. The molecule has 0 aromatic carbocycles. The van der Waals surface area contributed by atoms with Crippen molar-refractivity contribution in [1.82, 2.24) is 5.32 Å². The molecule has 1 saturated carbocycles. The van der Waals surface area contributed by atoms with Gasteiger partial charge in [0.2, 0.25) is 5.91 Å². The quantitative estimate of drug-likeness (QED) is 0.724. The molecule has 1 fully saturated rings. The van der Waals surface area contributed by atoms with Crippen LogP contribution in [0, 0.1) is 5.41 Å². The van der Waals surface area contributed by atoms with Crippen LogP contribution in [0.1, 0.15) is 52.4 Å². The maximum Gasteiger partial charge on any atom is 0.226 e. The molecule has 0 radical (unpaired) electrons. The third-order valence-electron chi connectivity index (χ3n) is 3.73. The number of hydrogen-bond donors (Lipinski definition) is 1. The van der Waals surface area contributed by atoms with E-state index in [9.17, 15) is 4.79 Å². The number of halogens is 1. The summed E-state index contributed by atoms with van der Waals surface area (Å²) in [7, 11) is 0. The Balaban J connectivity index is 2.57. The van der Waals surface area contributed by atoms with Gasteiger partial charge in [0.15, 0.2) is 0 Å². The lowest BCUT2D eigenvalue weighted by molar-refractivity contribution is -0.131. The van der Waals surface area contributed by atoms with Crippen LogP contribution < -0.4 is 5.32 Å². The first kappa shape index (κ1) is 12.8. The smallest absolute Gasteiger partial charge is 0.226 e. The second kappa shape index (κ2) is 5.74. The molecule has 88 valence electrons. The van der Waals surface area contributed by atoms with Gasteiger partial charge in [-0.25, -0.2) is 0 Å². The lowest BCUT2D eigenvalue weighted by atomic mass is 9.82. The Morgan fingerprint density at radius 2 is 2.00 bits per heavy atom. The van der Waals surface area contributed by atoms with Crippen LogP contribution in [0.4, 0.5) is 0 Å². The molecule has 15 heavy (non-hydrogen) atoms. The second-order valence-electron chi connectivity index (χ2n) is 4.57. The topological polar surface area (TPSA) is 29.1 Å². The summed E-state index contributed by atoms with van der Waals surface area (Å²) in [5, 5.41) is 3.08. The first-order valence-electron chi connectivity index (χ1n) is 6.05. The van der Waals surface area contributed by atoms with E-state index in [0.29, 0.717) is 5.88 Å². The average Bonchev–Trinajstić information content (AvgIpc) is 2.75. The van der Waals surface area contributed by atoms with Crippen LogP contribution in [0.15, 0.2) is 0 Å². The SMILES string of the molecule is CCC(CCl)NC(=O)C1(CC)CCCC1. The minimum Gasteiger partial charge on any atom is -0.352 e. The van der Waals surface area contributed by atoms with Gasteiger partial charge in [0.05, 0.1) is 0 Å². The van der Waals surface area contributed by atoms with Crippen molar-refractivity contribution >= 4 is 17.5 Å². The van der Waals surface area contributed by atoms with Gasteiger partial charge in [0, 0.05) is 17.3 Å². The molecule has 3 heteroatoms. The molecule has 1 amide bonds. The molecular formula is C12H22ClNO. The molecular weight excluding hydrogens is 210 g/mol. The number of hydrogen-bond acceptors (Lipinski definition) is 1. The highest BCUT2D eigenvalue weighted by molar-refractivity contribution is 6.18. The normalized spacial score (nSPS) is 21.3. The number of carbonyl (C=O) groups is 1. The van der Waals surface area contributed by atoms with Crippen LogP contribution in [0.25, 0.3) is 0 Å². The average molecular weight is 232 g/mol. The summed E-state index contributed by atoms with van der Waals surface area (Å²) >= 11 is 5.79. The van der Waals surface area contributed by atoms with Crippen molar-refractivity contribution in [2.45, 2.75) is 58.4 Å². The lowest BCUT2D eigenvalue weighted by Gasteiger charge is -2.28. The van der Waals surface area contributed by atoms with E-state index in [1.165, 1.54) is 12.8 Å². The summed E-state index contributed by atoms with van der Waals surface area (Å²) in [6, 6.07) is 0.142. The van der Waals surface area contributed by atoms with Crippen molar-refractivity contribution in [3.63, 3.8) is 0 Å². The van der Waals surface area contributed by atoms with Gasteiger partial charge in [0.25, 0.3) is 0 Å². The maximum atomic E-state index is 12.2. The van der Waals surface area contributed by atoms with E-state index in [1.807, 2.05) is 0 Å². The largest absolute Gasteiger partial charge is 0.352 e. The minimum absolute atomic E-state index is 0.0839. The predicted octanol–water partition coefficient (Wildman–Crippen LogP) is 3.09. The Morgan fingerprint density at radius 3 is 2.40 bits per heavy atom. The van der Waals surface area contributed by atoms with Gasteiger partial charge < -0.3 is 5.32 Å². The Labute approximate surface area is 97.8 Å². The first-order chi connectivity index (χ1) is 7.18. The zero-order valence-corrected chi connectivity index (χ0v) is 10.6. The van der Waals surface area contributed by atoms with Gasteiger partial charge >= 0.3 is 0 Å². The van der Waals surface area contributed by atoms with Crippen molar-refractivity contribution in [3.05, 3.63) is 0 Å². The molecule has 0 aromatic heterocycles. The van der Waals surface area contributed by atoms with Gasteiger partial charge in [-0.1, -0.05) is 26.7 Å². The van der Waals surface area contributed by atoms with E-state index in [0.717, 1.165) is 25.7 Å². The minimum atomic E-state index is -0.0839. The summed E-state index contributed by atoms with van der Waals surface area (Å²) in [5.74, 6) is 0.747. The predicted molar refractivity (Wildman–Crippen MR) is 64.1 cm³/mol. The molecule has 1 aliphatic rings. The third-order valence-corrected chi connectivity index (χ3v) is 4.11. The molecule has 0 bridgehead atoms. The van der Waals surface area contributed by atoms with Crippen LogP contribution in [-0.2, 0) is 4.79 Å². The molecule has 1 unspecified atom stereocenters. The number of nitrogens with one attached hydrogen (secondary N) is 1. The van der Waals surface area contributed by atoms with Gasteiger partial charge in [-0.2, -0.15) is 0 Å². The fraction of sp³-hybridized carbons (Fsp3) is 0.917. The zero-order chi connectivity index (χ0) is 11.3. The highest BCUT2D eigenvalue weighted by Gasteiger charge is 2.39. The maximum absolute atomic E-state index is 12.2. The molecule has 0 saturated heterocycles. The summed E-state index contributed by atoms with van der Waals surface area (Å²) in [4.78, 5) is 12.2. The molecule has 1 aliphatic carbocycles. The van der Waals surface area contributed by atoms with Crippen LogP contribution in [0.5, 0.6) is 0 Å². The molecule has 1 N–H and O–H groups in total. The number of rotatable bonds is 5. The fourth-order valence-electron chi connectivity index (χ4n) is 2.38. The van der Waals surface area contributed by atoms with E-state index < -0.39 is 0 Å². The lowest BCUT2D eigenvalue weighted by Crippen LogP contribution is -2.44. The first-order valence-corrected chi connectivity index (χ1v) is 6.59. The zero-order valence-electron chi connectivity index (χ0n) is 9.81. The van der Waals surface area contributed by atoms with Crippen molar-refractivity contribution in [3.8, 4) is 0 Å². The molecule has 2 nitrogen and oxygen atoms in total. The van der Waals surface area contributed by atoms with Crippen molar-refractivity contribution < 1.29 is 4.79 Å².